The first kappa shape index (κ1) is 17.2. The van der Waals surface area contributed by atoms with Gasteiger partial charge in [0, 0.05) is 29.8 Å². The lowest BCUT2D eigenvalue weighted by molar-refractivity contribution is -0.129. The number of ketones is 2. The minimum absolute atomic E-state index is 0.153. The molecular formula is C19H20ClNO5. The van der Waals surface area contributed by atoms with Gasteiger partial charge in [0.1, 0.15) is 22.1 Å². The minimum atomic E-state index is -1.60. The number of ether oxygens (including phenoxy) is 3. The number of methoxy groups -OCH3 is 2. The molecule has 26 heavy (non-hydrogen) atoms. The monoisotopic (exact) mass is 377 g/mol. The second-order valence-electron chi connectivity index (χ2n) is 7.02. The molecule has 1 saturated carbocycles. The van der Waals surface area contributed by atoms with Gasteiger partial charge in [-0.2, -0.15) is 0 Å². The number of fused-ring (bicyclic) bond motifs is 1. The molecular weight excluding hydrogens is 358 g/mol. The zero-order valence-electron chi connectivity index (χ0n) is 14.8. The Morgan fingerprint density at radius 1 is 1.23 bits per heavy atom. The van der Waals surface area contributed by atoms with Crippen LogP contribution in [0.4, 0.5) is 0 Å². The van der Waals surface area contributed by atoms with Crippen LogP contribution in [-0.2, 0) is 4.79 Å². The van der Waals surface area contributed by atoms with Gasteiger partial charge in [0.05, 0.1) is 14.2 Å². The van der Waals surface area contributed by atoms with E-state index in [-0.39, 0.29) is 33.8 Å². The van der Waals surface area contributed by atoms with Crippen LogP contribution in [0.5, 0.6) is 17.2 Å². The smallest absolute Gasteiger partial charge is 0.236 e. The highest BCUT2D eigenvalue weighted by molar-refractivity contribution is 6.36. The number of nitrogens with one attached hydrogen (secondary N) is 1. The van der Waals surface area contributed by atoms with Crippen molar-refractivity contribution in [3.63, 3.8) is 0 Å². The first-order valence-electron chi connectivity index (χ1n) is 8.62. The predicted octanol–water partition coefficient (Wildman–Crippen LogP) is 2.92. The van der Waals surface area contributed by atoms with Crippen molar-refractivity contribution < 1.29 is 23.8 Å². The fourth-order valence-electron chi connectivity index (χ4n) is 3.72. The van der Waals surface area contributed by atoms with Crippen LogP contribution in [0.25, 0.3) is 0 Å². The van der Waals surface area contributed by atoms with Gasteiger partial charge in [-0.05, 0) is 19.3 Å². The molecule has 7 heteroatoms. The molecule has 1 spiro atoms. The third kappa shape index (κ3) is 2.31. The SMILES string of the molecule is COc1cc(OC)c2c(c1Cl)OC1(C(=O)C=C(NC3CC3)CC1C)C2=O. The van der Waals surface area contributed by atoms with Gasteiger partial charge >= 0.3 is 0 Å². The Hall–Kier alpha value is -2.21. The van der Waals surface area contributed by atoms with Gasteiger partial charge in [-0.3, -0.25) is 9.59 Å². The molecule has 0 aromatic heterocycles. The fourth-order valence-corrected chi connectivity index (χ4v) is 3.98. The Kier molecular flexibility index (Phi) is 3.91. The van der Waals surface area contributed by atoms with Crippen LogP contribution in [0.2, 0.25) is 5.02 Å². The highest BCUT2D eigenvalue weighted by Crippen LogP contribution is 2.53. The predicted molar refractivity (Wildman–Crippen MR) is 95.3 cm³/mol. The van der Waals surface area contributed by atoms with E-state index in [1.807, 2.05) is 6.92 Å². The van der Waals surface area contributed by atoms with Crippen molar-refractivity contribution in [2.24, 2.45) is 5.92 Å². The quantitative estimate of drug-likeness (QED) is 0.813. The summed E-state index contributed by atoms with van der Waals surface area (Å²) in [4.78, 5) is 26.3. The molecule has 1 heterocycles. The molecule has 6 nitrogen and oxygen atoms in total. The first-order chi connectivity index (χ1) is 12.4. The van der Waals surface area contributed by atoms with Gasteiger partial charge < -0.3 is 19.5 Å². The summed E-state index contributed by atoms with van der Waals surface area (Å²) in [6.45, 7) is 1.85. The number of halogens is 1. The Labute approximate surface area is 156 Å². The lowest BCUT2D eigenvalue weighted by Gasteiger charge is -2.35. The van der Waals surface area contributed by atoms with Gasteiger partial charge in [0.2, 0.25) is 17.2 Å². The molecule has 1 aromatic carbocycles. The van der Waals surface area contributed by atoms with E-state index in [4.69, 9.17) is 25.8 Å². The maximum atomic E-state index is 13.3. The zero-order chi connectivity index (χ0) is 18.6. The number of benzene rings is 1. The molecule has 1 aromatic rings. The van der Waals surface area contributed by atoms with Gasteiger partial charge in [0.25, 0.3) is 0 Å². The van der Waals surface area contributed by atoms with Crippen LogP contribution in [0.3, 0.4) is 0 Å². The van der Waals surface area contributed by atoms with Crippen molar-refractivity contribution >= 4 is 23.2 Å². The topological polar surface area (TPSA) is 73.9 Å². The van der Waals surface area contributed by atoms with E-state index in [1.165, 1.54) is 26.4 Å². The lowest BCUT2D eigenvalue weighted by Crippen LogP contribution is -2.55. The number of hydrogen-bond donors (Lipinski definition) is 1. The molecule has 0 saturated heterocycles. The van der Waals surface area contributed by atoms with E-state index < -0.39 is 11.4 Å². The second-order valence-corrected chi connectivity index (χ2v) is 7.40. The highest BCUT2D eigenvalue weighted by atomic mass is 35.5. The molecule has 4 rings (SSSR count). The van der Waals surface area contributed by atoms with Crippen LogP contribution in [0.1, 0.15) is 36.5 Å². The number of allylic oxidation sites excluding steroid dienone is 1. The van der Waals surface area contributed by atoms with Crippen LogP contribution in [-0.4, -0.2) is 37.4 Å². The van der Waals surface area contributed by atoms with Crippen LogP contribution in [0.15, 0.2) is 17.8 Å². The molecule has 2 atom stereocenters. The number of Topliss-reactive ketones (excluding diaryl/α,β-unsaturated/α-hetero) is 1. The summed E-state index contributed by atoms with van der Waals surface area (Å²) >= 11 is 6.36. The maximum Gasteiger partial charge on any atom is 0.236 e. The van der Waals surface area contributed by atoms with Crippen molar-refractivity contribution in [2.45, 2.75) is 37.8 Å². The third-order valence-electron chi connectivity index (χ3n) is 5.28. The summed E-state index contributed by atoms with van der Waals surface area (Å²) in [6.07, 6.45) is 4.27. The van der Waals surface area contributed by atoms with Crippen molar-refractivity contribution in [1.82, 2.24) is 5.32 Å². The molecule has 138 valence electrons. The van der Waals surface area contributed by atoms with E-state index in [9.17, 15) is 9.59 Å². The molecule has 0 radical (unpaired) electrons. The van der Waals surface area contributed by atoms with Gasteiger partial charge in [-0.1, -0.05) is 18.5 Å². The number of carbonyl (C=O) groups is 2. The van der Waals surface area contributed by atoms with Crippen molar-refractivity contribution in [3.8, 4) is 17.2 Å². The molecule has 1 aliphatic heterocycles. The van der Waals surface area contributed by atoms with Crippen LogP contribution >= 0.6 is 11.6 Å². The van der Waals surface area contributed by atoms with Crippen LogP contribution in [0, 0.1) is 5.92 Å². The highest BCUT2D eigenvalue weighted by Gasteiger charge is 2.60. The molecule has 0 bridgehead atoms. The molecule has 2 unspecified atom stereocenters. The lowest BCUT2D eigenvalue weighted by atomic mass is 9.74. The largest absolute Gasteiger partial charge is 0.496 e. The van der Waals surface area contributed by atoms with Crippen molar-refractivity contribution in [3.05, 3.63) is 28.4 Å². The summed E-state index contributed by atoms with van der Waals surface area (Å²) in [5.41, 5.74) is -0.538. The Balaban J connectivity index is 1.79. The number of rotatable bonds is 4. The average molecular weight is 378 g/mol. The summed E-state index contributed by atoms with van der Waals surface area (Å²) < 4.78 is 16.6. The summed E-state index contributed by atoms with van der Waals surface area (Å²) in [5, 5.41) is 3.52. The number of hydrogen-bond acceptors (Lipinski definition) is 6. The van der Waals surface area contributed by atoms with E-state index in [2.05, 4.69) is 5.32 Å². The second kappa shape index (κ2) is 5.91. The Morgan fingerprint density at radius 2 is 1.92 bits per heavy atom. The van der Waals surface area contributed by atoms with Gasteiger partial charge in [0.15, 0.2) is 5.75 Å². The molecule has 2 aliphatic carbocycles. The minimum Gasteiger partial charge on any atom is -0.496 e. The zero-order valence-corrected chi connectivity index (χ0v) is 15.6. The number of carbonyl (C=O) groups excluding carboxylic acids is 2. The van der Waals surface area contributed by atoms with Gasteiger partial charge in [-0.25, -0.2) is 0 Å². The molecule has 1 N–H and O–H groups in total. The Morgan fingerprint density at radius 3 is 2.50 bits per heavy atom. The maximum absolute atomic E-state index is 13.3. The fraction of sp³-hybridized carbons (Fsp3) is 0.474. The molecule has 3 aliphatic rings. The average Bonchev–Trinajstić information content (AvgIpc) is 3.36. The summed E-state index contributed by atoms with van der Waals surface area (Å²) in [7, 11) is 2.91. The summed E-state index contributed by atoms with van der Waals surface area (Å²) in [6, 6.07) is 1.97. The van der Waals surface area contributed by atoms with Crippen LogP contribution < -0.4 is 19.5 Å². The first-order valence-corrected chi connectivity index (χ1v) is 9.00. The molecule has 0 amide bonds. The van der Waals surface area contributed by atoms with E-state index in [0.29, 0.717) is 18.2 Å². The van der Waals surface area contributed by atoms with E-state index in [1.54, 1.807) is 0 Å². The molecule has 1 fully saturated rings. The van der Waals surface area contributed by atoms with E-state index >= 15 is 0 Å². The normalized spacial score (nSPS) is 27.1. The van der Waals surface area contributed by atoms with E-state index in [0.717, 1.165) is 18.5 Å². The van der Waals surface area contributed by atoms with Crippen molar-refractivity contribution in [2.75, 3.05) is 14.2 Å². The van der Waals surface area contributed by atoms with Gasteiger partial charge in [-0.15, -0.1) is 0 Å². The van der Waals surface area contributed by atoms with Crippen molar-refractivity contribution in [1.29, 1.82) is 0 Å². The standard InChI is InChI=1S/C19H20ClNO5/c1-9-6-11(21-10-4-5-10)7-14(22)19(9)18(23)15-12(24-2)8-13(25-3)16(20)17(15)26-19/h7-10,21H,4-6H2,1-3H3. The Bertz CT molecular complexity index is 845. The third-order valence-corrected chi connectivity index (χ3v) is 5.63. The summed E-state index contributed by atoms with van der Waals surface area (Å²) in [5.74, 6) is -0.345.